The molecule has 0 saturated carbocycles. The molecule has 33 heavy (non-hydrogen) atoms. The second-order valence-electron chi connectivity index (χ2n) is 7.83. The zero-order valence-corrected chi connectivity index (χ0v) is 20.0. The Morgan fingerprint density at radius 3 is 1.76 bits per heavy atom. The lowest BCUT2D eigenvalue weighted by atomic mass is 10.1. The molecule has 0 radical (unpaired) electrons. The lowest BCUT2D eigenvalue weighted by Crippen LogP contribution is -2.49. The minimum Gasteiger partial charge on any atom is -0.494 e. The topological polar surface area (TPSA) is 66.9 Å². The van der Waals surface area contributed by atoms with Crippen molar-refractivity contribution in [2.75, 3.05) is 17.2 Å². The van der Waals surface area contributed by atoms with Gasteiger partial charge in [-0.3, -0.25) is 9.10 Å². The van der Waals surface area contributed by atoms with E-state index in [-0.39, 0.29) is 5.91 Å². The van der Waals surface area contributed by atoms with Gasteiger partial charge < -0.3 is 9.64 Å². The molecule has 0 aliphatic carbocycles. The van der Waals surface area contributed by atoms with Crippen LogP contribution in [0.5, 0.6) is 5.75 Å². The van der Waals surface area contributed by atoms with Gasteiger partial charge in [-0.25, -0.2) is 8.42 Å². The van der Waals surface area contributed by atoms with Crippen molar-refractivity contribution in [1.82, 2.24) is 4.90 Å². The molecular weight excluding hydrogens is 436 g/mol. The Hall–Kier alpha value is -3.32. The summed E-state index contributed by atoms with van der Waals surface area (Å²) in [6.45, 7) is 4.77. The maximum Gasteiger partial charge on any atom is 0.246 e. The van der Waals surface area contributed by atoms with E-state index in [0.29, 0.717) is 31.1 Å². The van der Waals surface area contributed by atoms with Crippen LogP contribution in [0.15, 0.2) is 84.9 Å². The molecule has 0 aromatic heterocycles. The fourth-order valence-corrected chi connectivity index (χ4v) is 4.91. The van der Waals surface area contributed by atoms with Crippen molar-refractivity contribution in [2.24, 2.45) is 0 Å². The molecule has 1 amide bonds. The molecule has 0 bridgehead atoms. The zero-order chi connectivity index (χ0) is 23.8. The Bertz CT molecular complexity index is 1090. The van der Waals surface area contributed by atoms with Gasteiger partial charge >= 0.3 is 0 Å². The summed E-state index contributed by atoms with van der Waals surface area (Å²) in [4.78, 5) is 15.4. The monoisotopic (exact) mass is 466 g/mol. The molecule has 0 saturated heterocycles. The molecule has 0 heterocycles. The van der Waals surface area contributed by atoms with E-state index in [1.807, 2.05) is 67.6 Å². The average molecular weight is 467 g/mol. The number of amides is 1. The van der Waals surface area contributed by atoms with Gasteiger partial charge in [0.2, 0.25) is 15.9 Å². The van der Waals surface area contributed by atoms with Crippen LogP contribution in [0.1, 0.15) is 25.0 Å². The van der Waals surface area contributed by atoms with Crippen LogP contribution >= 0.6 is 0 Å². The molecular formula is C26H30N2O4S. The van der Waals surface area contributed by atoms with E-state index in [1.165, 1.54) is 4.31 Å². The number of ether oxygens (including phenoxy) is 1. The van der Waals surface area contributed by atoms with Crippen molar-refractivity contribution in [1.29, 1.82) is 0 Å². The van der Waals surface area contributed by atoms with Gasteiger partial charge in [0.05, 0.1) is 18.6 Å². The minimum absolute atomic E-state index is 0.276. The van der Waals surface area contributed by atoms with Crippen LogP contribution in [-0.2, 0) is 27.9 Å². The van der Waals surface area contributed by atoms with Crippen molar-refractivity contribution >= 4 is 21.6 Å². The second kappa shape index (κ2) is 11.0. The highest BCUT2D eigenvalue weighted by molar-refractivity contribution is 7.92. The average Bonchev–Trinajstić information content (AvgIpc) is 2.80. The number of nitrogens with zero attached hydrogens (tertiary/aromatic N) is 2. The first kappa shape index (κ1) is 24.3. The molecule has 0 fully saturated rings. The summed E-state index contributed by atoms with van der Waals surface area (Å²) in [6, 6.07) is 25.2. The molecule has 0 aliphatic rings. The normalized spacial score (nSPS) is 12.1. The van der Waals surface area contributed by atoms with Crippen LogP contribution in [0.4, 0.5) is 5.69 Å². The largest absolute Gasteiger partial charge is 0.494 e. The molecule has 3 rings (SSSR count). The quantitative estimate of drug-likeness (QED) is 0.442. The van der Waals surface area contributed by atoms with Crippen LogP contribution < -0.4 is 9.04 Å². The highest BCUT2D eigenvalue weighted by Crippen LogP contribution is 2.25. The summed E-state index contributed by atoms with van der Waals surface area (Å²) >= 11 is 0. The predicted molar refractivity (Wildman–Crippen MR) is 132 cm³/mol. The molecule has 0 spiro atoms. The summed E-state index contributed by atoms with van der Waals surface area (Å²) < 4.78 is 32.1. The van der Waals surface area contributed by atoms with Crippen molar-refractivity contribution in [3.63, 3.8) is 0 Å². The van der Waals surface area contributed by atoms with E-state index in [0.717, 1.165) is 17.4 Å². The smallest absolute Gasteiger partial charge is 0.246 e. The van der Waals surface area contributed by atoms with Crippen LogP contribution in [0.3, 0.4) is 0 Å². The maximum absolute atomic E-state index is 13.7. The van der Waals surface area contributed by atoms with E-state index in [2.05, 4.69) is 0 Å². The Balaban J connectivity index is 1.92. The number of hydrogen-bond acceptors (Lipinski definition) is 4. The Labute approximate surface area is 196 Å². The van der Waals surface area contributed by atoms with Crippen molar-refractivity contribution in [3.05, 3.63) is 96.1 Å². The number of carbonyl (C=O) groups is 1. The fourth-order valence-electron chi connectivity index (χ4n) is 3.74. The first-order valence-corrected chi connectivity index (χ1v) is 12.7. The lowest BCUT2D eigenvalue weighted by Gasteiger charge is -2.33. The standard InChI is InChI=1S/C26H30N2O4S/c1-4-32-25-17-15-24(16-18-25)28(33(3,30)31)21(2)26(29)27(19-22-11-7-5-8-12-22)20-23-13-9-6-10-14-23/h5-18,21H,4,19-20H2,1-3H3/t21-/m0/s1. The van der Waals surface area contributed by atoms with Crippen molar-refractivity contribution < 1.29 is 17.9 Å². The molecule has 0 N–H and O–H groups in total. The summed E-state index contributed by atoms with van der Waals surface area (Å²) in [6.07, 6.45) is 1.12. The molecule has 7 heteroatoms. The Kier molecular flexibility index (Phi) is 8.11. The zero-order valence-electron chi connectivity index (χ0n) is 19.2. The van der Waals surface area contributed by atoms with E-state index in [1.54, 1.807) is 36.1 Å². The van der Waals surface area contributed by atoms with E-state index in [4.69, 9.17) is 4.74 Å². The van der Waals surface area contributed by atoms with Gasteiger partial charge in [0.15, 0.2) is 0 Å². The number of rotatable bonds is 10. The number of sulfonamides is 1. The van der Waals surface area contributed by atoms with Gasteiger partial charge in [-0.1, -0.05) is 60.7 Å². The third-order valence-corrected chi connectivity index (χ3v) is 6.45. The van der Waals surface area contributed by atoms with Gasteiger partial charge in [0.1, 0.15) is 11.8 Å². The van der Waals surface area contributed by atoms with Crippen LogP contribution in [0.25, 0.3) is 0 Å². The predicted octanol–water partition coefficient (Wildman–Crippen LogP) is 4.47. The number of carbonyl (C=O) groups excluding carboxylic acids is 1. The summed E-state index contributed by atoms with van der Waals surface area (Å²) in [5, 5.41) is 0. The molecule has 1 atom stereocenters. The van der Waals surface area contributed by atoms with Crippen molar-refractivity contribution in [2.45, 2.75) is 33.0 Å². The van der Waals surface area contributed by atoms with Gasteiger partial charge in [0.25, 0.3) is 0 Å². The Morgan fingerprint density at radius 2 is 1.33 bits per heavy atom. The van der Waals surface area contributed by atoms with Crippen LogP contribution in [0.2, 0.25) is 0 Å². The third kappa shape index (κ3) is 6.58. The molecule has 3 aromatic rings. The molecule has 6 nitrogen and oxygen atoms in total. The van der Waals surface area contributed by atoms with E-state index in [9.17, 15) is 13.2 Å². The SMILES string of the molecule is CCOc1ccc(N([C@@H](C)C(=O)N(Cc2ccccc2)Cc2ccccc2)S(C)(=O)=O)cc1. The fraction of sp³-hybridized carbons (Fsp3) is 0.269. The Morgan fingerprint density at radius 1 is 0.848 bits per heavy atom. The molecule has 3 aromatic carbocycles. The first-order valence-electron chi connectivity index (χ1n) is 10.9. The highest BCUT2D eigenvalue weighted by atomic mass is 32.2. The van der Waals surface area contributed by atoms with Gasteiger partial charge in [-0.15, -0.1) is 0 Å². The maximum atomic E-state index is 13.7. The molecule has 0 aliphatic heterocycles. The number of anilines is 1. The second-order valence-corrected chi connectivity index (χ2v) is 9.69. The van der Waals surface area contributed by atoms with Gasteiger partial charge in [-0.2, -0.15) is 0 Å². The minimum atomic E-state index is -3.72. The number of benzene rings is 3. The van der Waals surface area contributed by atoms with Crippen molar-refractivity contribution in [3.8, 4) is 5.75 Å². The summed E-state index contributed by atoms with van der Waals surface area (Å²) in [5.41, 5.74) is 2.36. The van der Waals surface area contributed by atoms with E-state index < -0.39 is 16.1 Å². The van der Waals surface area contributed by atoms with Gasteiger partial charge in [0, 0.05) is 13.1 Å². The highest BCUT2D eigenvalue weighted by Gasteiger charge is 2.32. The summed E-state index contributed by atoms with van der Waals surface area (Å²) in [7, 11) is -3.72. The van der Waals surface area contributed by atoms with Crippen LogP contribution in [-0.4, -0.2) is 38.1 Å². The first-order chi connectivity index (χ1) is 15.8. The molecule has 0 unspecified atom stereocenters. The number of hydrogen-bond donors (Lipinski definition) is 0. The lowest BCUT2D eigenvalue weighted by molar-refractivity contribution is -0.133. The van der Waals surface area contributed by atoms with E-state index >= 15 is 0 Å². The third-order valence-electron chi connectivity index (χ3n) is 5.21. The molecule has 174 valence electrons. The van der Waals surface area contributed by atoms with Crippen LogP contribution in [0, 0.1) is 0 Å². The summed E-state index contributed by atoms with van der Waals surface area (Å²) in [5.74, 6) is 0.366. The van der Waals surface area contributed by atoms with Gasteiger partial charge in [-0.05, 0) is 49.2 Å².